The minimum atomic E-state index is 0.633. The van der Waals surface area contributed by atoms with E-state index in [2.05, 4.69) is 48.5 Å². The largest absolute Gasteiger partial charge is 0.302 e. The van der Waals surface area contributed by atoms with Crippen molar-refractivity contribution in [2.45, 2.75) is 47.0 Å². The maximum Gasteiger partial charge on any atom is 0.00743 e. The Hall–Kier alpha value is 0.440. The molecule has 0 bridgehead atoms. The van der Waals surface area contributed by atoms with Gasteiger partial charge in [-0.05, 0) is 43.1 Å². The smallest absolute Gasteiger partial charge is 0.00743 e. The topological polar surface area (TPSA) is 3.24 Å². The Balaban J connectivity index is 2.47. The summed E-state index contributed by atoms with van der Waals surface area (Å²) in [6, 6.07) is 0. The molecule has 2 heteroatoms. The minimum Gasteiger partial charge on any atom is -0.302 e. The number of likely N-dealkylation sites (tertiary alicyclic amines) is 1. The second-order valence-corrected chi connectivity index (χ2v) is 6.50. The summed E-state index contributed by atoms with van der Waals surface area (Å²) in [6.45, 7) is 13.3. The summed E-state index contributed by atoms with van der Waals surface area (Å²) in [5.74, 6) is 1.60. The monoisotopic (exact) mass is 289 g/mol. The van der Waals surface area contributed by atoms with E-state index >= 15 is 0 Å². The molecule has 1 saturated heterocycles. The number of rotatable bonds is 6. The summed E-state index contributed by atoms with van der Waals surface area (Å²) in [6.07, 6.45) is 4.11. The molecular formula is C14H28BrN. The highest BCUT2D eigenvalue weighted by molar-refractivity contribution is 9.09. The van der Waals surface area contributed by atoms with E-state index in [0.717, 1.165) is 17.2 Å². The van der Waals surface area contributed by atoms with Gasteiger partial charge in [-0.3, -0.25) is 0 Å². The van der Waals surface area contributed by atoms with Gasteiger partial charge in [-0.15, -0.1) is 0 Å². The summed E-state index contributed by atoms with van der Waals surface area (Å²) in [5.41, 5.74) is 0.633. The number of halogens is 1. The summed E-state index contributed by atoms with van der Waals surface area (Å²) in [4.78, 5) is 2.69. The van der Waals surface area contributed by atoms with E-state index in [9.17, 15) is 0 Å². The van der Waals surface area contributed by atoms with Crippen LogP contribution in [0.4, 0.5) is 0 Å². The van der Waals surface area contributed by atoms with Crippen molar-refractivity contribution in [1.29, 1.82) is 0 Å². The standard InChI is InChI=1S/C14H28BrN/c1-5-14(6-2)7-8-16(11-14)10-13(9-15)12(3)4/h12-13H,5-11H2,1-4H3. The predicted molar refractivity (Wildman–Crippen MR) is 76.2 cm³/mol. The van der Waals surface area contributed by atoms with Crippen LogP contribution in [0.25, 0.3) is 0 Å². The fraction of sp³-hybridized carbons (Fsp3) is 1.00. The van der Waals surface area contributed by atoms with Gasteiger partial charge >= 0.3 is 0 Å². The van der Waals surface area contributed by atoms with Crippen LogP contribution in [0.2, 0.25) is 0 Å². The summed E-state index contributed by atoms with van der Waals surface area (Å²) in [7, 11) is 0. The molecule has 1 atom stereocenters. The van der Waals surface area contributed by atoms with Gasteiger partial charge in [0.2, 0.25) is 0 Å². The molecule has 1 fully saturated rings. The van der Waals surface area contributed by atoms with Gasteiger partial charge < -0.3 is 4.90 Å². The average molecular weight is 290 g/mol. The van der Waals surface area contributed by atoms with Crippen molar-refractivity contribution < 1.29 is 0 Å². The number of alkyl halides is 1. The molecule has 0 spiro atoms. The van der Waals surface area contributed by atoms with Gasteiger partial charge in [-0.25, -0.2) is 0 Å². The minimum absolute atomic E-state index is 0.633. The van der Waals surface area contributed by atoms with Crippen LogP contribution in [-0.2, 0) is 0 Å². The van der Waals surface area contributed by atoms with Gasteiger partial charge in [-0.2, -0.15) is 0 Å². The maximum absolute atomic E-state index is 3.66. The van der Waals surface area contributed by atoms with E-state index in [1.54, 1.807) is 0 Å². The lowest BCUT2D eigenvalue weighted by atomic mass is 9.82. The van der Waals surface area contributed by atoms with Crippen molar-refractivity contribution in [2.24, 2.45) is 17.3 Å². The Morgan fingerprint density at radius 1 is 1.25 bits per heavy atom. The van der Waals surface area contributed by atoms with E-state index in [1.165, 1.54) is 38.9 Å². The first-order valence-electron chi connectivity index (χ1n) is 6.85. The molecule has 16 heavy (non-hydrogen) atoms. The summed E-state index contributed by atoms with van der Waals surface area (Å²) >= 11 is 3.66. The fourth-order valence-electron chi connectivity index (χ4n) is 2.78. The molecule has 1 aliphatic heterocycles. The third-order valence-corrected chi connectivity index (χ3v) is 5.48. The van der Waals surface area contributed by atoms with E-state index in [0.29, 0.717) is 5.41 Å². The highest BCUT2D eigenvalue weighted by Crippen LogP contribution is 2.37. The first kappa shape index (κ1) is 14.5. The zero-order chi connectivity index (χ0) is 12.2. The van der Waals surface area contributed by atoms with Crippen molar-refractivity contribution in [3.8, 4) is 0 Å². The molecule has 0 N–H and O–H groups in total. The van der Waals surface area contributed by atoms with Gasteiger partial charge in [0.15, 0.2) is 0 Å². The van der Waals surface area contributed by atoms with Crippen LogP contribution in [0.3, 0.4) is 0 Å². The molecule has 0 radical (unpaired) electrons. The number of hydrogen-bond acceptors (Lipinski definition) is 1. The van der Waals surface area contributed by atoms with Gasteiger partial charge in [0.05, 0.1) is 0 Å². The Morgan fingerprint density at radius 2 is 1.88 bits per heavy atom. The zero-order valence-corrected chi connectivity index (χ0v) is 13.0. The molecule has 1 rings (SSSR count). The summed E-state index contributed by atoms with van der Waals surface area (Å²) < 4.78 is 0. The third kappa shape index (κ3) is 3.46. The molecule has 0 amide bonds. The quantitative estimate of drug-likeness (QED) is 0.664. The molecular weight excluding hydrogens is 262 g/mol. The zero-order valence-electron chi connectivity index (χ0n) is 11.4. The van der Waals surface area contributed by atoms with Gasteiger partial charge in [0.25, 0.3) is 0 Å². The van der Waals surface area contributed by atoms with E-state index in [4.69, 9.17) is 0 Å². The van der Waals surface area contributed by atoms with Crippen molar-refractivity contribution >= 4 is 15.9 Å². The molecule has 0 aromatic rings. The Morgan fingerprint density at radius 3 is 2.25 bits per heavy atom. The van der Waals surface area contributed by atoms with Crippen molar-refractivity contribution in [3.63, 3.8) is 0 Å². The van der Waals surface area contributed by atoms with Crippen LogP contribution in [0.5, 0.6) is 0 Å². The number of hydrogen-bond donors (Lipinski definition) is 0. The number of nitrogens with zero attached hydrogens (tertiary/aromatic N) is 1. The highest BCUT2D eigenvalue weighted by Gasteiger charge is 2.35. The Bertz CT molecular complexity index is 199. The molecule has 1 heterocycles. The Kier molecular flexibility index (Phi) is 5.79. The highest BCUT2D eigenvalue weighted by atomic mass is 79.9. The predicted octanol–water partition coefficient (Wildman–Crippen LogP) is 4.17. The van der Waals surface area contributed by atoms with Crippen LogP contribution in [0, 0.1) is 17.3 Å². The van der Waals surface area contributed by atoms with Crippen LogP contribution in [0.15, 0.2) is 0 Å². The fourth-order valence-corrected chi connectivity index (χ4v) is 3.73. The van der Waals surface area contributed by atoms with Crippen molar-refractivity contribution in [1.82, 2.24) is 4.90 Å². The second-order valence-electron chi connectivity index (χ2n) is 5.85. The van der Waals surface area contributed by atoms with E-state index in [1.807, 2.05) is 0 Å². The second kappa shape index (κ2) is 6.39. The van der Waals surface area contributed by atoms with Crippen molar-refractivity contribution in [3.05, 3.63) is 0 Å². The third-order valence-electron chi connectivity index (χ3n) is 4.65. The van der Waals surface area contributed by atoms with Crippen LogP contribution in [-0.4, -0.2) is 29.9 Å². The van der Waals surface area contributed by atoms with Crippen molar-refractivity contribution in [2.75, 3.05) is 25.0 Å². The lowest BCUT2D eigenvalue weighted by Crippen LogP contribution is -2.33. The molecule has 1 unspecified atom stereocenters. The first-order chi connectivity index (χ1) is 7.56. The lowest BCUT2D eigenvalue weighted by Gasteiger charge is -2.29. The molecule has 0 saturated carbocycles. The first-order valence-corrected chi connectivity index (χ1v) is 7.97. The normalized spacial score (nSPS) is 22.9. The molecule has 1 nitrogen and oxygen atoms in total. The van der Waals surface area contributed by atoms with E-state index in [-0.39, 0.29) is 0 Å². The average Bonchev–Trinajstić information content (AvgIpc) is 2.69. The molecule has 96 valence electrons. The maximum atomic E-state index is 3.66. The molecule has 1 aliphatic rings. The van der Waals surface area contributed by atoms with Crippen LogP contribution >= 0.6 is 15.9 Å². The SMILES string of the molecule is CCC1(CC)CCN(CC(CBr)C(C)C)C1. The van der Waals surface area contributed by atoms with Crippen LogP contribution in [0.1, 0.15) is 47.0 Å². The van der Waals surface area contributed by atoms with E-state index < -0.39 is 0 Å². The lowest BCUT2D eigenvalue weighted by molar-refractivity contribution is 0.208. The summed E-state index contributed by atoms with van der Waals surface area (Å²) in [5, 5.41) is 1.15. The van der Waals surface area contributed by atoms with Crippen LogP contribution < -0.4 is 0 Å². The van der Waals surface area contributed by atoms with Gasteiger partial charge in [0, 0.05) is 18.4 Å². The molecule has 0 aromatic heterocycles. The molecule has 0 aromatic carbocycles. The van der Waals surface area contributed by atoms with Gasteiger partial charge in [-0.1, -0.05) is 43.6 Å². The van der Waals surface area contributed by atoms with Gasteiger partial charge in [0.1, 0.15) is 0 Å². The molecule has 0 aliphatic carbocycles. The Labute approximate surface area is 110 Å².